The van der Waals surface area contributed by atoms with Crippen LogP contribution in [0.25, 0.3) is 0 Å². The highest BCUT2D eigenvalue weighted by molar-refractivity contribution is 7.88. The number of rotatable bonds is 8. The summed E-state index contributed by atoms with van der Waals surface area (Å²) in [4.78, 5) is 0. The zero-order chi connectivity index (χ0) is 20.0. The molecule has 0 aliphatic rings. The highest BCUT2D eigenvalue weighted by Crippen LogP contribution is 2.28. The smallest absolute Gasteiger partial charge is 0.216 e. The third-order valence-electron chi connectivity index (χ3n) is 4.50. The van der Waals surface area contributed by atoms with E-state index in [-0.39, 0.29) is 5.75 Å². The normalized spacial score (nSPS) is 13.6. The zero-order valence-corrected chi connectivity index (χ0v) is 16.5. The molecule has 146 valence electrons. The van der Waals surface area contributed by atoms with Crippen molar-refractivity contribution < 1.29 is 13.2 Å². The van der Waals surface area contributed by atoms with E-state index >= 15 is 0 Å². The molecule has 2 unspecified atom stereocenters. The average Bonchev–Trinajstić information content (AvgIpc) is 2.72. The SMILES string of the molecule is COc1cccc(CS(=O)(=O)NC(c2ccccc2)C(N)c2ccccc2)c1. The molecule has 0 saturated carbocycles. The second-order valence-electron chi connectivity index (χ2n) is 6.55. The van der Waals surface area contributed by atoms with Crippen LogP contribution >= 0.6 is 0 Å². The van der Waals surface area contributed by atoms with E-state index in [1.54, 1.807) is 31.4 Å². The van der Waals surface area contributed by atoms with Crippen LogP contribution in [0, 0.1) is 0 Å². The van der Waals surface area contributed by atoms with Crippen LogP contribution in [0.15, 0.2) is 84.9 Å². The number of hydrogen-bond donors (Lipinski definition) is 2. The maximum Gasteiger partial charge on any atom is 0.216 e. The number of sulfonamides is 1. The van der Waals surface area contributed by atoms with Crippen molar-refractivity contribution in [1.82, 2.24) is 4.72 Å². The molecule has 28 heavy (non-hydrogen) atoms. The molecule has 5 nitrogen and oxygen atoms in total. The van der Waals surface area contributed by atoms with Crippen LogP contribution in [0.3, 0.4) is 0 Å². The Balaban J connectivity index is 1.88. The van der Waals surface area contributed by atoms with Gasteiger partial charge in [0.05, 0.1) is 24.9 Å². The summed E-state index contributed by atoms with van der Waals surface area (Å²) in [5, 5.41) is 0. The molecule has 0 saturated heterocycles. The van der Waals surface area contributed by atoms with E-state index in [4.69, 9.17) is 10.5 Å². The van der Waals surface area contributed by atoms with Gasteiger partial charge in [-0.3, -0.25) is 0 Å². The Bertz CT molecular complexity index is 993. The van der Waals surface area contributed by atoms with Gasteiger partial charge >= 0.3 is 0 Å². The molecule has 0 heterocycles. The fourth-order valence-electron chi connectivity index (χ4n) is 3.09. The molecule has 0 bridgehead atoms. The second-order valence-corrected chi connectivity index (χ2v) is 8.31. The van der Waals surface area contributed by atoms with Gasteiger partial charge in [-0.1, -0.05) is 72.8 Å². The molecule has 6 heteroatoms. The molecule has 0 amide bonds. The molecular weight excluding hydrogens is 372 g/mol. The first-order valence-corrected chi connectivity index (χ1v) is 10.6. The number of ether oxygens (including phenoxy) is 1. The van der Waals surface area contributed by atoms with Gasteiger partial charge in [-0.15, -0.1) is 0 Å². The molecular formula is C22H24N2O3S. The van der Waals surface area contributed by atoms with Gasteiger partial charge in [-0.25, -0.2) is 13.1 Å². The van der Waals surface area contributed by atoms with Gasteiger partial charge in [-0.05, 0) is 28.8 Å². The predicted octanol–water partition coefficient (Wildman–Crippen LogP) is 3.56. The van der Waals surface area contributed by atoms with Crippen LogP contribution in [-0.2, 0) is 15.8 Å². The minimum Gasteiger partial charge on any atom is -0.497 e. The lowest BCUT2D eigenvalue weighted by Gasteiger charge is -2.26. The van der Waals surface area contributed by atoms with Gasteiger partial charge in [0.25, 0.3) is 0 Å². The standard InChI is InChI=1S/C22H24N2O3S/c1-27-20-14-8-9-17(15-20)16-28(25,26)24-22(19-12-6-3-7-13-19)21(23)18-10-4-2-5-11-18/h2-15,21-22,24H,16,23H2,1H3. The first-order valence-electron chi connectivity index (χ1n) is 8.97. The van der Waals surface area contributed by atoms with Crippen molar-refractivity contribution in [3.05, 3.63) is 102 Å². The Morgan fingerprint density at radius 2 is 1.50 bits per heavy atom. The van der Waals surface area contributed by atoms with E-state index in [0.29, 0.717) is 11.3 Å². The molecule has 3 N–H and O–H groups in total. The summed E-state index contributed by atoms with van der Waals surface area (Å²) in [6, 6.07) is 24.8. The van der Waals surface area contributed by atoms with Crippen LogP contribution in [0.4, 0.5) is 0 Å². The lowest BCUT2D eigenvalue weighted by molar-refractivity contribution is 0.414. The molecule has 0 aliphatic carbocycles. The fraction of sp³-hybridized carbons (Fsp3) is 0.182. The summed E-state index contributed by atoms with van der Waals surface area (Å²) < 4.78 is 33.8. The van der Waals surface area contributed by atoms with Crippen molar-refractivity contribution in [3.63, 3.8) is 0 Å². The third-order valence-corrected chi connectivity index (χ3v) is 5.83. The molecule has 2 atom stereocenters. The summed E-state index contributed by atoms with van der Waals surface area (Å²) in [6.07, 6.45) is 0. The van der Waals surface area contributed by atoms with Crippen molar-refractivity contribution in [2.45, 2.75) is 17.8 Å². The second kappa shape index (κ2) is 9.01. The van der Waals surface area contributed by atoms with Gasteiger partial charge in [-0.2, -0.15) is 0 Å². The summed E-state index contributed by atoms with van der Waals surface area (Å²) in [5.41, 5.74) is 8.79. The average molecular weight is 397 g/mol. The van der Waals surface area contributed by atoms with Gasteiger partial charge < -0.3 is 10.5 Å². The summed E-state index contributed by atoms with van der Waals surface area (Å²) in [6.45, 7) is 0. The van der Waals surface area contributed by atoms with Crippen LogP contribution in [0.1, 0.15) is 28.8 Å². The Kier molecular flexibility index (Phi) is 6.46. The van der Waals surface area contributed by atoms with Gasteiger partial charge in [0.15, 0.2) is 0 Å². The van der Waals surface area contributed by atoms with E-state index < -0.39 is 22.1 Å². The molecule has 0 aromatic heterocycles. The van der Waals surface area contributed by atoms with Gasteiger partial charge in [0.1, 0.15) is 5.75 Å². The Morgan fingerprint density at radius 3 is 2.11 bits per heavy atom. The molecule has 0 radical (unpaired) electrons. The minimum atomic E-state index is -3.65. The summed E-state index contributed by atoms with van der Waals surface area (Å²) >= 11 is 0. The monoisotopic (exact) mass is 396 g/mol. The van der Waals surface area contributed by atoms with Gasteiger partial charge in [0, 0.05) is 0 Å². The van der Waals surface area contributed by atoms with Gasteiger partial charge in [0.2, 0.25) is 10.0 Å². The Hall–Kier alpha value is -2.67. The summed E-state index contributed by atoms with van der Waals surface area (Å²) in [7, 11) is -2.09. The van der Waals surface area contributed by atoms with Crippen molar-refractivity contribution in [3.8, 4) is 5.75 Å². The van der Waals surface area contributed by atoms with Crippen LogP contribution in [-0.4, -0.2) is 15.5 Å². The highest BCUT2D eigenvalue weighted by atomic mass is 32.2. The lowest BCUT2D eigenvalue weighted by atomic mass is 9.95. The third kappa shape index (κ3) is 5.19. The van der Waals surface area contributed by atoms with Crippen LogP contribution in [0.2, 0.25) is 0 Å². The Morgan fingerprint density at radius 1 is 0.893 bits per heavy atom. The summed E-state index contributed by atoms with van der Waals surface area (Å²) in [5.74, 6) is 0.461. The topological polar surface area (TPSA) is 81.4 Å². The molecule has 0 aliphatic heterocycles. The van der Waals surface area contributed by atoms with Crippen molar-refractivity contribution in [1.29, 1.82) is 0 Å². The molecule has 0 fully saturated rings. The maximum absolute atomic E-state index is 12.9. The predicted molar refractivity (Wildman–Crippen MR) is 111 cm³/mol. The van der Waals surface area contributed by atoms with Crippen molar-refractivity contribution in [2.24, 2.45) is 5.73 Å². The van der Waals surface area contributed by atoms with E-state index in [9.17, 15) is 8.42 Å². The van der Waals surface area contributed by atoms with Crippen molar-refractivity contribution >= 4 is 10.0 Å². The molecule has 3 aromatic carbocycles. The first kappa shape index (κ1) is 20.1. The van der Waals surface area contributed by atoms with E-state index in [1.165, 1.54) is 0 Å². The quantitative estimate of drug-likeness (QED) is 0.610. The lowest BCUT2D eigenvalue weighted by Crippen LogP contribution is -2.36. The van der Waals surface area contributed by atoms with Crippen molar-refractivity contribution in [2.75, 3.05) is 7.11 Å². The van der Waals surface area contributed by atoms with E-state index in [2.05, 4.69) is 4.72 Å². The number of nitrogens with two attached hydrogens (primary N) is 1. The maximum atomic E-state index is 12.9. The molecule has 3 rings (SSSR count). The highest BCUT2D eigenvalue weighted by Gasteiger charge is 2.26. The first-order chi connectivity index (χ1) is 13.5. The number of benzene rings is 3. The molecule has 0 spiro atoms. The zero-order valence-electron chi connectivity index (χ0n) is 15.7. The number of nitrogens with one attached hydrogen (secondary N) is 1. The van der Waals surface area contributed by atoms with Crippen LogP contribution in [0.5, 0.6) is 5.75 Å². The largest absolute Gasteiger partial charge is 0.497 e. The van der Waals surface area contributed by atoms with E-state index in [0.717, 1.165) is 11.1 Å². The molecule has 3 aromatic rings. The minimum absolute atomic E-state index is 0.158. The number of methoxy groups -OCH3 is 1. The fourth-order valence-corrected chi connectivity index (χ4v) is 4.46. The van der Waals surface area contributed by atoms with E-state index in [1.807, 2.05) is 60.7 Å². The Labute approximate surface area is 166 Å². The number of hydrogen-bond acceptors (Lipinski definition) is 4. The van der Waals surface area contributed by atoms with Crippen LogP contribution < -0.4 is 15.2 Å².